The van der Waals surface area contributed by atoms with Crippen molar-refractivity contribution in [3.05, 3.63) is 139 Å². The number of nitrogens with zero attached hydrogens (tertiary/aromatic N) is 2. The average Bonchev–Trinajstić information content (AvgIpc) is 3.35. The van der Waals surface area contributed by atoms with Crippen molar-refractivity contribution in [2.75, 3.05) is 11.9 Å². The molecular weight excluding hydrogens is 440 g/mol. The quantitative estimate of drug-likeness (QED) is 0.253. The number of allylic oxidation sites excluding steroid dienone is 1. The summed E-state index contributed by atoms with van der Waals surface area (Å²) in [7, 11) is 3.99. The highest BCUT2D eigenvalue weighted by molar-refractivity contribution is 6.15. The van der Waals surface area contributed by atoms with Crippen molar-refractivity contribution in [2.45, 2.75) is 11.3 Å². The molecule has 2 atom stereocenters. The number of anilines is 1. The van der Waals surface area contributed by atoms with Crippen LogP contribution in [-0.4, -0.2) is 17.5 Å². The highest BCUT2D eigenvalue weighted by atomic mass is 16.2. The number of carbonyl (C=O) groups excluding carboxylic acids is 1. The average molecular weight is 469 g/mol. The van der Waals surface area contributed by atoms with Crippen LogP contribution in [0.4, 0.5) is 5.69 Å². The van der Waals surface area contributed by atoms with Crippen molar-refractivity contribution >= 4 is 22.5 Å². The molecule has 1 aromatic heterocycles. The first-order valence-corrected chi connectivity index (χ1v) is 12.3. The molecular formula is C33H28N2O. The van der Waals surface area contributed by atoms with Crippen LogP contribution in [0.3, 0.4) is 0 Å². The molecule has 0 N–H and O–H groups in total. The number of amides is 1. The number of likely N-dealkylation sites (N-methyl/N-ethyl adjacent to an activating group) is 1. The maximum atomic E-state index is 14.8. The molecule has 5 aromatic rings. The van der Waals surface area contributed by atoms with E-state index in [0.29, 0.717) is 0 Å². The van der Waals surface area contributed by atoms with Crippen molar-refractivity contribution < 1.29 is 4.79 Å². The SMILES string of the molecule is C=CC(c1ccccc1)C1(c2c(-c3ccccc3)n(C)c3ccccc23)C(=O)N(C)c2ccccc21. The van der Waals surface area contributed by atoms with E-state index in [9.17, 15) is 4.79 Å². The van der Waals surface area contributed by atoms with E-state index in [0.717, 1.165) is 44.5 Å². The number of carbonyl (C=O) groups is 1. The van der Waals surface area contributed by atoms with Crippen LogP contribution in [0.5, 0.6) is 0 Å². The third-order valence-corrected chi connectivity index (χ3v) is 7.74. The number of hydrogen-bond donors (Lipinski definition) is 0. The molecule has 2 heterocycles. The molecule has 0 spiro atoms. The van der Waals surface area contributed by atoms with Gasteiger partial charge in [0.05, 0.1) is 5.69 Å². The van der Waals surface area contributed by atoms with Crippen LogP contribution in [-0.2, 0) is 17.3 Å². The van der Waals surface area contributed by atoms with Crippen molar-refractivity contribution in [2.24, 2.45) is 7.05 Å². The van der Waals surface area contributed by atoms with E-state index in [2.05, 4.69) is 84.9 Å². The highest BCUT2D eigenvalue weighted by Gasteiger charge is 2.57. The Hall–Kier alpha value is -4.37. The molecule has 176 valence electrons. The number of hydrogen-bond acceptors (Lipinski definition) is 1. The van der Waals surface area contributed by atoms with Crippen LogP contribution < -0.4 is 4.90 Å². The molecule has 1 aliphatic rings. The van der Waals surface area contributed by atoms with Crippen LogP contribution in [0, 0.1) is 0 Å². The largest absolute Gasteiger partial charge is 0.343 e. The molecule has 0 bridgehead atoms. The molecule has 0 radical (unpaired) electrons. The molecule has 6 rings (SSSR count). The molecule has 0 aliphatic carbocycles. The molecule has 0 saturated carbocycles. The van der Waals surface area contributed by atoms with Gasteiger partial charge in [-0.2, -0.15) is 0 Å². The third-order valence-electron chi connectivity index (χ3n) is 7.74. The molecule has 36 heavy (non-hydrogen) atoms. The molecule has 0 fully saturated rings. The monoisotopic (exact) mass is 468 g/mol. The maximum absolute atomic E-state index is 14.8. The van der Waals surface area contributed by atoms with Gasteiger partial charge in [0.25, 0.3) is 0 Å². The summed E-state index contributed by atoms with van der Waals surface area (Å²) in [6.07, 6.45) is 1.96. The summed E-state index contributed by atoms with van der Waals surface area (Å²) in [5.74, 6) is -0.212. The minimum Gasteiger partial charge on any atom is -0.343 e. The zero-order chi connectivity index (χ0) is 24.9. The summed E-state index contributed by atoms with van der Waals surface area (Å²) < 4.78 is 2.24. The fourth-order valence-electron chi connectivity index (χ4n) is 6.24. The number of benzene rings is 4. The summed E-state index contributed by atoms with van der Waals surface area (Å²) >= 11 is 0. The van der Waals surface area contributed by atoms with Crippen molar-refractivity contribution in [3.8, 4) is 11.3 Å². The van der Waals surface area contributed by atoms with Gasteiger partial charge in [0.2, 0.25) is 5.91 Å². The van der Waals surface area contributed by atoms with Gasteiger partial charge < -0.3 is 9.47 Å². The van der Waals surface area contributed by atoms with E-state index in [1.807, 2.05) is 60.5 Å². The normalized spacial score (nSPS) is 17.8. The summed E-state index contributed by atoms with van der Waals surface area (Å²) in [4.78, 5) is 16.6. The third kappa shape index (κ3) is 2.89. The first-order chi connectivity index (χ1) is 17.6. The second-order valence-corrected chi connectivity index (χ2v) is 9.48. The Bertz CT molecular complexity index is 1600. The van der Waals surface area contributed by atoms with Gasteiger partial charge >= 0.3 is 0 Å². The van der Waals surface area contributed by atoms with Gasteiger partial charge in [-0.05, 0) is 28.8 Å². The lowest BCUT2D eigenvalue weighted by molar-refractivity contribution is -0.121. The van der Waals surface area contributed by atoms with Gasteiger partial charge in [0.1, 0.15) is 5.41 Å². The van der Waals surface area contributed by atoms with Crippen molar-refractivity contribution in [1.29, 1.82) is 0 Å². The predicted molar refractivity (Wildman–Crippen MR) is 148 cm³/mol. The van der Waals surface area contributed by atoms with Gasteiger partial charge in [-0.3, -0.25) is 4.79 Å². The van der Waals surface area contributed by atoms with Gasteiger partial charge in [-0.25, -0.2) is 0 Å². The number of para-hydroxylation sites is 2. The molecule has 2 unspecified atom stereocenters. The Balaban J connectivity index is 1.84. The number of aryl methyl sites for hydroxylation is 1. The van der Waals surface area contributed by atoms with Gasteiger partial charge in [0, 0.05) is 42.2 Å². The lowest BCUT2D eigenvalue weighted by Crippen LogP contribution is -2.44. The zero-order valence-corrected chi connectivity index (χ0v) is 20.6. The van der Waals surface area contributed by atoms with E-state index in [1.54, 1.807) is 0 Å². The van der Waals surface area contributed by atoms with Gasteiger partial charge in [-0.1, -0.05) is 103 Å². The lowest BCUT2D eigenvalue weighted by atomic mass is 9.63. The summed E-state index contributed by atoms with van der Waals surface area (Å²) in [5.41, 5.74) is 6.30. The minimum absolute atomic E-state index is 0.0611. The fraction of sp³-hybridized carbons (Fsp3) is 0.121. The van der Waals surface area contributed by atoms with Crippen LogP contribution in [0.25, 0.3) is 22.2 Å². The summed E-state index contributed by atoms with van der Waals surface area (Å²) in [5, 5.41) is 1.08. The second kappa shape index (κ2) is 8.39. The van der Waals surface area contributed by atoms with Gasteiger partial charge in [-0.15, -0.1) is 6.58 Å². The summed E-state index contributed by atoms with van der Waals surface area (Å²) in [6.45, 7) is 4.30. The van der Waals surface area contributed by atoms with E-state index >= 15 is 0 Å². The number of aromatic nitrogens is 1. The zero-order valence-electron chi connectivity index (χ0n) is 20.6. The number of rotatable bonds is 5. The highest BCUT2D eigenvalue weighted by Crippen LogP contribution is 2.57. The van der Waals surface area contributed by atoms with E-state index in [4.69, 9.17) is 0 Å². The number of fused-ring (bicyclic) bond motifs is 2. The van der Waals surface area contributed by atoms with Crippen LogP contribution in [0.1, 0.15) is 22.6 Å². The van der Waals surface area contributed by atoms with Crippen LogP contribution in [0.15, 0.2) is 122 Å². The molecule has 1 amide bonds. The standard InChI is InChI=1S/C33H28N2O/c1-4-26(23-15-7-5-8-16-23)33(27-20-12-14-22-29(27)35(3)32(33)36)30-25-19-11-13-21-28(25)34(2)31(30)24-17-9-6-10-18-24/h4-22,26H,1H2,2-3H3. The molecule has 3 nitrogen and oxygen atoms in total. The Morgan fingerprint density at radius 3 is 2.11 bits per heavy atom. The van der Waals surface area contributed by atoms with Crippen LogP contribution in [0.2, 0.25) is 0 Å². The Morgan fingerprint density at radius 2 is 1.39 bits per heavy atom. The Morgan fingerprint density at radius 1 is 0.778 bits per heavy atom. The van der Waals surface area contributed by atoms with E-state index < -0.39 is 5.41 Å². The second-order valence-electron chi connectivity index (χ2n) is 9.48. The fourth-order valence-corrected chi connectivity index (χ4v) is 6.24. The Labute approximate surface area is 211 Å². The molecule has 1 aliphatic heterocycles. The molecule has 4 aromatic carbocycles. The van der Waals surface area contributed by atoms with Crippen molar-refractivity contribution in [3.63, 3.8) is 0 Å². The lowest BCUT2D eigenvalue weighted by Gasteiger charge is -2.36. The summed E-state index contributed by atoms with van der Waals surface area (Å²) in [6, 6.07) is 37.3. The Kier molecular flexibility index (Phi) is 5.15. The van der Waals surface area contributed by atoms with Crippen molar-refractivity contribution in [1.82, 2.24) is 4.57 Å². The topological polar surface area (TPSA) is 25.2 Å². The minimum atomic E-state index is -0.986. The van der Waals surface area contributed by atoms with Gasteiger partial charge in [0.15, 0.2) is 0 Å². The predicted octanol–water partition coefficient (Wildman–Crippen LogP) is 7.08. The maximum Gasteiger partial charge on any atom is 0.242 e. The van der Waals surface area contributed by atoms with Crippen LogP contribution >= 0.6 is 0 Å². The molecule has 0 saturated heterocycles. The van der Waals surface area contributed by atoms with E-state index in [-0.39, 0.29) is 11.8 Å². The first kappa shape index (κ1) is 22.1. The van der Waals surface area contributed by atoms with E-state index in [1.165, 1.54) is 0 Å². The smallest absolute Gasteiger partial charge is 0.242 e. The first-order valence-electron chi connectivity index (χ1n) is 12.3. The molecule has 3 heteroatoms.